The summed E-state index contributed by atoms with van der Waals surface area (Å²) in [4.78, 5) is 0. The summed E-state index contributed by atoms with van der Waals surface area (Å²) >= 11 is 5.53. The van der Waals surface area contributed by atoms with Crippen molar-refractivity contribution in [1.82, 2.24) is 0 Å². The van der Waals surface area contributed by atoms with E-state index in [-0.39, 0.29) is 0 Å². The number of hydrogen-bond donors (Lipinski definition) is 0. The van der Waals surface area contributed by atoms with E-state index < -0.39 is 0 Å². The van der Waals surface area contributed by atoms with Crippen molar-refractivity contribution in [1.29, 1.82) is 0 Å². The van der Waals surface area contributed by atoms with Gasteiger partial charge in [0.1, 0.15) is 0 Å². The zero-order valence-electron chi connectivity index (χ0n) is 10.1. The van der Waals surface area contributed by atoms with Crippen LogP contribution in [0.4, 0.5) is 0 Å². The highest BCUT2D eigenvalue weighted by Crippen LogP contribution is 1.92. The predicted molar refractivity (Wildman–Crippen MR) is 64.3 cm³/mol. The summed E-state index contributed by atoms with van der Waals surface area (Å²) in [5, 5.41) is 0. The van der Waals surface area contributed by atoms with Crippen LogP contribution in [0, 0.1) is 0 Å². The number of alkyl halides is 1. The Morgan fingerprint density at radius 1 is 0.688 bits per heavy atom. The van der Waals surface area contributed by atoms with Crippen LogP contribution in [0.15, 0.2) is 0 Å². The van der Waals surface area contributed by atoms with Crippen LogP contribution in [0.2, 0.25) is 0 Å². The van der Waals surface area contributed by atoms with E-state index in [1.807, 2.05) is 0 Å². The van der Waals surface area contributed by atoms with Crippen LogP contribution in [-0.4, -0.2) is 59.2 Å². The Morgan fingerprint density at radius 2 is 1.19 bits per heavy atom. The van der Waals surface area contributed by atoms with Crippen LogP contribution >= 0.6 is 11.6 Å². The van der Waals surface area contributed by atoms with Crippen molar-refractivity contribution in [2.75, 3.05) is 59.2 Å². The van der Waals surface area contributed by atoms with E-state index in [1.54, 1.807) is 7.11 Å². The van der Waals surface area contributed by atoms with E-state index in [0.29, 0.717) is 45.5 Å². The van der Waals surface area contributed by atoms with Gasteiger partial charge in [0.25, 0.3) is 0 Å². The van der Waals surface area contributed by atoms with Crippen LogP contribution < -0.4 is 0 Å². The second-order valence-corrected chi connectivity index (χ2v) is 3.60. The molecule has 0 aliphatic carbocycles. The SMILES string of the molecule is COCCOCCOCCOCCCCCl. The highest BCUT2D eigenvalue weighted by atomic mass is 35.5. The van der Waals surface area contributed by atoms with Crippen LogP contribution in [0.1, 0.15) is 12.8 Å². The molecule has 0 amide bonds. The number of hydrogen-bond acceptors (Lipinski definition) is 4. The highest BCUT2D eigenvalue weighted by molar-refractivity contribution is 6.17. The van der Waals surface area contributed by atoms with E-state index >= 15 is 0 Å². The second kappa shape index (κ2) is 15.1. The van der Waals surface area contributed by atoms with Crippen LogP contribution in [0.5, 0.6) is 0 Å². The number of rotatable bonds is 13. The molecule has 0 atom stereocenters. The maximum Gasteiger partial charge on any atom is 0.0701 e. The predicted octanol–water partition coefficient (Wildman–Crippen LogP) is 1.70. The Morgan fingerprint density at radius 3 is 1.69 bits per heavy atom. The van der Waals surface area contributed by atoms with Gasteiger partial charge in [-0.2, -0.15) is 0 Å². The third-order valence-corrected chi connectivity index (χ3v) is 2.12. The van der Waals surface area contributed by atoms with Crippen LogP contribution in [-0.2, 0) is 18.9 Å². The number of ether oxygens (including phenoxy) is 4. The fourth-order valence-electron chi connectivity index (χ4n) is 0.983. The number of methoxy groups -OCH3 is 1. The van der Waals surface area contributed by atoms with Crippen molar-refractivity contribution in [2.45, 2.75) is 12.8 Å². The monoisotopic (exact) mass is 254 g/mol. The summed E-state index contributed by atoms with van der Waals surface area (Å²) in [6, 6.07) is 0. The van der Waals surface area contributed by atoms with Gasteiger partial charge in [-0.25, -0.2) is 0 Å². The molecule has 0 aromatic carbocycles. The van der Waals surface area contributed by atoms with Gasteiger partial charge >= 0.3 is 0 Å². The Labute approximate surface area is 103 Å². The largest absolute Gasteiger partial charge is 0.382 e. The number of unbranched alkanes of at least 4 members (excludes halogenated alkanes) is 1. The summed E-state index contributed by atoms with van der Waals surface area (Å²) in [5.74, 6) is 0.707. The Bertz CT molecular complexity index is 111. The van der Waals surface area contributed by atoms with E-state index in [9.17, 15) is 0 Å². The molecule has 0 rings (SSSR count). The smallest absolute Gasteiger partial charge is 0.0701 e. The summed E-state index contributed by atoms with van der Waals surface area (Å²) in [6.07, 6.45) is 2.03. The first kappa shape index (κ1) is 16.1. The average molecular weight is 255 g/mol. The minimum absolute atomic E-state index is 0.606. The van der Waals surface area contributed by atoms with Gasteiger partial charge in [-0.05, 0) is 12.8 Å². The van der Waals surface area contributed by atoms with Crippen molar-refractivity contribution < 1.29 is 18.9 Å². The molecule has 0 spiro atoms. The molecule has 0 unspecified atom stereocenters. The molecule has 4 nitrogen and oxygen atoms in total. The van der Waals surface area contributed by atoms with Crippen molar-refractivity contribution in [3.05, 3.63) is 0 Å². The molecule has 5 heteroatoms. The summed E-state index contributed by atoms with van der Waals surface area (Å²) in [7, 11) is 1.65. The second-order valence-electron chi connectivity index (χ2n) is 3.23. The summed E-state index contributed by atoms with van der Waals surface area (Å²) < 4.78 is 20.7. The first-order valence-electron chi connectivity index (χ1n) is 5.70. The van der Waals surface area contributed by atoms with E-state index in [1.165, 1.54) is 0 Å². The van der Waals surface area contributed by atoms with Crippen molar-refractivity contribution in [3.8, 4) is 0 Å². The van der Waals surface area contributed by atoms with Crippen LogP contribution in [0.3, 0.4) is 0 Å². The lowest BCUT2D eigenvalue weighted by Crippen LogP contribution is -2.11. The van der Waals surface area contributed by atoms with Crippen molar-refractivity contribution in [3.63, 3.8) is 0 Å². The standard InChI is InChI=1S/C11H23ClO4/c1-13-6-7-15-10-11-16-9-8-14-5-3-2-4-12/h2-11H2,1H3. The molecule has 0 bridgehead atoms. The maximum atomic E-state index is 5.53. The normalized spacial score (nSPS) is 10.9. The summed E-state index contributed by atoms with van der Waals surface area (Å²) in [5.41, 5.74) is 0. The van der Waals surface area contributed by atoms with Gasteiger partial charge in [0.05, 0.1) is 39.6 Å². The zero-order valence-corrected chi connectivity index (χ0v) is 10.8. The average Bonchev–Trinajstić information content (AvgIpc) is 2.31. The lowest BCUT2D eigenvalue weighted by Gasteiger charge is -2.06. The minimum atomic E-state index is 0.606. The first-order chi connectivity index (χ1) is 7.91. The van der Waals surface area contributed by atoms with Gasteiger partial charge in [0.15, 0.2) is 0 Å². The number of halogens is 1. The molecule has 0 saturated heterocycles. The molecule has 0 aromatic rings. The molecule has 0 aliphatic heterocycles. The molecule has 98 valence electrons. The molecule has 16 heavy (non-hydrogen) atoms. The van der Waals surface area contributed by atoms with E-state index in [2.05, 4.69) is 0 Å². The minimum Gasteiger partial charge on any atom is -0.382 e. The van der Waals surface area contributed by atoms with Crippen LogP contribution in [0.25, 0.3) is 0 Å². The molecule has 0 saturated carbocycles. The Kier molecular flexibility index (Phi) is 15.3. The summed E-state index contributed by atoms with van der Waals surface area (Å²) in [6.45, 7) is 4.48. The fraction of sp³-hybridized carbons (Fsp3) is 1.00. The van der Waals surface area contributed by atoms with Gasteiger partial charge in [0, 0.05) is 19.6 Å². The van der Waals surface area contributed by atoms with Crippen molar-refractivity contribution in [2.24, 2.45) is 0 Å². The maximum absolute atomic E-state index is 5.53. The molecule has 0 fully saturated rings. The quantitative estimate of drug-likeness (QED) is 0.370. The molecule has 0 N–H and O–H groups in total. The van der Waals surface area contributed by atoms with E-state index in [4.69, 9.17) is 30.5 Å². The molecule has 0 aromatic heterocycles. The molecular weight excluding hydrogens is 232 g/mol. The lowest BCUT2D eigenvalue weighted by molar-refractivity contribution is 0.00338. The van der Waals surface area contributed by atoms with Gasteiger partial charge < -0.3 is 18.9 Å². The first-order valence-corrected chi connectivity index (χ1v) is 6.23. The van der Waals surface area contributed by atoms with Crippen molar-refractivity contribution >= 4 is 11.6 Å². The zero-order chi connectivity index (χ0) is 11.9. The van der Waals surface area contributed by atoms with Gasteiger partial charge in [-0.1, -0.05) is 0 Å². The molecule has 0 radical (unpaired) electrons. The third kappa shape index (κ3) is 14.1. The Balaban J connectivity index is 2.83. The molecular formula is C11H23ClO4. The third-order valence-electron chi connectivity index (χ3n) is 1.85. The highest BCUT2D eigenvalue weighted by Gasteiger charge is 1.91. The van der Waals surface area contributed by atoms with Gasteiger partial charge in [-0.15, -0.1) is 11.6 Å². The molecule has 0 aliphatic rings. The molecule has 0 heterocycles. The van der Waals surface area contributed by atoms with E-state index in [0.717, 1.165) is 19.4 Å². The van der Waals surface area contributed by atoms with Gasteiger partial charge in [0.2, 0.25) is 0 Å². The fourth-order valence-corrected chi connectivity index (χ4v) is 1.17. The Hall–Kier alpha value is 0.130. The lowest BCUT2D eigenvalue weighted by atomic mass is 10.4. The van der Waals surface area contributed by atoms with Gasteiger partial charge in [-0.3, -0.25) is 0 Å². The topological polar surface area (TPSA) is 36.9 Å².